The van der Waals surface area contributed by atoms with Crippen molar-refractivity contribution in [2.75, 3.05) is 6.61 Å². The molecular weight excluding hydrogens is 222 g/mol. The van der Waals surface area contributed by atoms with E-state index < -0.39 is 0 Å². The van der Waals surface area contributed by atoms with Gasteiger partial charge in [0.1, 0.15) is 0 Å². The summed E-state index contributed by atoms with van der Waals surface area (Å²) in [5.41, 5.74) is 1.24. The van der Waals surface area contributed by atoms with Crippen LogP contribution in [0.15, 0.2) is 24.3 Å². The molecule has 2 rings (SSSR count). The average molecular weight is 240 g/mol. The summed E-state index contributed by atoms with van der Waals surface area (Å²) in [6.07, 6.45) is 2.74. The van der Waals surface area contributed by atoms with Crippen LogP contribution in [0, 0.1) is 0 Å². The molecule has 88 valence electrons. The number of nitrogens with one attached hydrogen (secondary N) is 1. The molecule has 0 saturated heterocycles. The van der Waals surface area contributed by atoms with Crippen molar-refractivity contribution in [3.8, 4) is 0 Å². The predicted octanol–water partition coefficient (Wildman–Crippen LogP) is 3.00. The Morgan fingerprint density at radius 3 is 2.94 bits per heavy atom. The third kappa shape index (κ3) is 3.21. The van der Waals surface area contributed by atoms with Crippen LogP contribution in [-0.2, 0) is 11.3 Å². The zero-order chi connectivity index (χ0) is 11.4. The normalized spacial score (nSPS) is 24.1. The third-order valence-corrected chi connectivity index (χ3v) is 3.22. The van der Waals surface area contributed by atoms with Crippen LogP contribution in [0.4, 0.5) is 0 Å². The maximum atomic E-state index is 5.92. The zero-order valence-corrected chi connectivity index (χ0v) is 10.3. The Morgan fingerprint density at radius 1 is 1.44 bits per heavy atom. The molecule has 1 aromatic carbocycles. The molecule has 0 atom stereocenters. The number of hydrogen-bond donors (Lipinski definition) is 1. The first-order valence-electron chi connectivity index (χ1n) is 5.87. The van der Waals surface area contributed by atoms with E-state index in [4.69, 9.17) is 16.3 Å². The zero-order valence-electron chi connectivity index (χ0n) is 9.58. The summed E-state index contributed by atoms with van der Waals surface area (Å²) in [5.74, 6) is 0. The van der Waals surface area contributed by atoms with Crippen molar-refractivity contribution in [1.29, 1.82) is 0 Å². The number of benzene rings is 1. The predicted molar refractivity (Wildman–Crippen MR) is 66.7 cm³/mol. The van der Waals surface area contributed by atoms with Gasteiger partial charge in [0.15, 0.2) is 0 Å². The van der Waals surface area contributed by atoms with Gasteiger partial charge in [-0.25, -0.2) is 0 Å². The Morgan fingerprint density at radius 2 is 2.25 bits per heavy atom. The Balaban J connectivity index is 1.69. The Bertz CT molecular complexity index is 336. The molecule has 2 nitrogen and oxygen atoms in total. The van der Waals surface area contributed by atoms with Gasteiger partial charge in [-0.2, -0.15) is 0 Å². The lowest BCUT2D eigenvalue weighted by molar-refractivity contribution is -0.0102. The van der Waals surface area contributed by atoms with Crippen molar-refractivity contribution in [2.24, 2.45) is 0 Å². The summed E-state index contributed by atoms with van der Waals surface area (Å²) < 4.78 is 5.52. The standard InChI is InChI=1S/C13H18ClNO/c1-2-16-13-7-12(8-13)15-9-10-4-3-5-11(14)6-10/h3-6,12-13,15H,2,7-9H2,1H3. The number of halogens is 1. The van der Waals surface area contributed by atoms with Crippen molar-refractivity contribution in [3.05, 3.63) is 34.9 Å². The van der Waals surface area contributed by atoms with Crippen LogP contribution in [0.25, 0.3) is 0 Å². The second kappa shape index (κ2) is 5.67. The third-order valence-electron chi connectivity index (χ3n) is 2.98. The average Bonchev–Trinajstić information content (AvgIpc) is 2.21. The summed E-state index contributed by atoms with van der Waals surface area (Å²) >= 11 is 5.92. The summed E-state index contributed by atoms with van der Waals surface area (Å²) in [5, 5.41) is 4.32. The minimum absolute atomic E-state index is 0.474. The molecule has 1 N–H and O–H groups in total. The lowest BCUT2D eigenvalue weighted by Gasteiger charge is -2.35. The molecule has 0 aliphatic heterocycles. The second-order valence-electron chi connectivity index (χ2n) is 4.26. The van der Waals surface area contributed by atoms with Crippen LogP contribution in [0.3, 0.4) is 0 Å². The van der Waals surface area contributed by atoms with Crippen LogP contribution in [-0.4, -0.2) is 18.8 Å². The molecule has 0 aromatic heterocycles. The van der Waals surface area contributed by atoms with E-state index in [-0.39, 0.29) is 0 Å². The van der Waals surface area contributed by atoms with Crippen LogP contribution in [0.5, 0.6) is 0 Å². The van der Waals surface area contributed by atoms with Crippen molar-refractivity contribution in [2.45, 2.75) is 38.5 Å². The first-order valence-corrected chi connectivity index (χ1v) is 6.25. The highest BCUT2D eigenvalue weighted by molar-refractivity contribution is 6.30. The molecule has 0 unspecified atom stereocenters. The van der Waals surface area contributed by atoms with Crippen molar-refractivity contribution >= 4 is 11.6 Å². The fourth-order valence-corrected chi connectivity index (χ4v) is 2.23. The van der Waals surface area contributed by atoms with E-state index in [1.165, 1.54) is 5.56 Å². The molecule has 1 aliphatic carbocycles. The minimum atomic E-state index is 0.474. The van der Waals surface area contributed by atoms with Gasteiger partial charge in [0.25, 0.3) is 0 Å². The molecule has 0 radical (unpaired) electrons. The van der Waals surface area contributed by atoms with Crippen LogP contribution < -0.4 is 5.32 Å². The fourth-order valence-electron chi connectivity index (χ4n) is 2.01. The maximum Gasteiger partial charge on any atom is 0.0604 e. The Labute approximate surface area is 102 Å². The van der Waals surface area contributed by atoms with Gasteiger partial charge in [-0.05, 0) is 37.5 Å². The number of rotatable bonds is 5. The van der Waals surface area contributed by atoms with Gasteiger partial charge in [0.05, 0.1) is 6.10 Å². The van der Waals surface area contributed by atoms with Crippen LogP contribution in [0.2, 0.25) is 5.02 Å². The van der Waals surface area contributed by atoms with Gasteiger partial charge in [-0.1, -0.05) is 23.7 Å². The highest BCUT2D eigenvalue weighted by Crippen LogP contribution is 2.23. The van der Waals surface area contributed by atoms with Crippen LogP contribution >= 0.6 is 11.6 Å². The molecule has 3 heteroatoms. The molecule has 0 spiro atoms. The molecular formula is C13H18ClNO. The molecule has 0 heterocycles. The molecule has 1 aromatic rings. The van der Waals surface area contributed by atoms with Crippen molar-refractivity contribution in [1.82, 2.24) is 5.32 Å². The number of hydrogen-bond acceptors (Lipinski definition) is 2. The van der Waals surface area contributed by atoms with Gasteiger partial charge in [-0.15, -0.1) is 0 Å². The van der Waals surface area contributed by atoms with E-state index in [1.807, 2.05) is 25.1 Å². The smallest absolute Gasteiger partial charge is 0.0604 e. The van der Waals surface area contributed by atoms with E-state index >= 15 is 0 Å². The summed E-state index contributed by atoms with van der Waals surface area (Å²) in [4.78, 5) is 0. The first-order chi connectivity index (χ1) is 7.78. The van der Waals surface area contributed by atoms with Gasteiger partial charge < -0.3 is 10.1 Å². The summed E-state index contributed by atoms with van der Waals surface area (Å²) in [7, 11) is 0. The van der Waals surface area contributed by atoms with E-state index in [0.717, 1.165) is 31.0 Å². The SMILES string of the molecule is CCOC1CC(NCc2cccc(Cl)c2)C1. The molecule has 0 bridgehead atoms. The van der Waals surface area contributed by atoms with Crippen molar-refractivity contribution < 1.29 is 4.74 Å². The molecule has 16 heavy (non-hydrogen) atoms. The van der Waals surface area contributed by atoms with Gasteiger partial charge in [0, 0.05) is 24.2 Å². The maximum absolute atomic E-state index is 5.92. The van der Waals surface area contributed by atoms with E-state index in [2.05, 4.69) is 11.4 Å². The van der Waals surface area contributed by atoms with E-state index in [1.54, 1.807) is 0 Å². The Kier molecular flexibility index (Phi) is 4.22. The lowest BCUT2D eigenvalue weighted by Crippen LogP contribution is -2.45. The summed E-state index contributed by atoms with van der Waals surface area (Å²) in [6.45, 7) is 3.77. The quantitative estimate of drug-likeness (QED) is 0.853. The minimum Gasteiger partial charge on any atom is -0.378 e. The monoisotopic (exact) mass is 239 g/mol. The van der Waals surface area contributed by atoms with E-state index in [0.29, 0.717) is 12.1 Å². The molecule has 1 aliphatic rings. The molecule has 1 saturated carbocycles. The van der Waals surface area contributed by atoms with E-state index in [9.17, 15) is 0 Å². The van der Waals surface area contributed by atoms with Gasteiger partial charge in [0.2, 0.25) is 0 Å². The second-order valence-corrected chi connectivity index (χ2v) is 4.69. The summed E-state index contributed by atoms with van der Waals surface area (Å²) in [6, 6.07) is 8.60. The molecule has 1 fully saturated rings. The van der Waals surface area contributed by atoms with Crippen molar-refractivity contribution in [3.63, 3.8) is 0 Å². The topological polar surface area (TPSA) is 21.3 Å². The van der Waals surface area contributed by atoms with Crippen LogP contribution in [0.1, 0.15) is 25.3 Å². The van der Waals surface area contributed by atoms with Gasteiger partial charge in [-0.3, -0.25) is 0 Å². The highest BCUT2D eigenvalue weighted by atomic mass is 35.5. The Hall–Kier alpha value is -0.570. The fraction of sp³-hybridized carbons (Fsp3) is 0.538. The van der Waals surface area contributed by atoms with Gasteiger partial charge >= 0.3 is 0 Å². The largest absolute Gasteiger partial charge is 0.378 e. The lowest BCUT2D eigenvalue weighted by atomic mass is 9.89. The number of ether oxygens (including phenoxy) is 1. The highest BCUT2D eigenvalue weighted by Gasteiger charge is 2.28. The molecule has 0 amide bonds. The first kappa shape index (κ1) is 11.9.